The molecule has 2 heterocycles. The van der Waals surface area contributed by atoms with E-state index in [0.29, 0.717) is 23.2 Å². The molecule has 1 fully saturated rings. The van der Waals surface area contributed by atoms with Crippen LogP contribution >= 0.6 is 23.2 Å². The zero-order valence-corrected chi connectivity index (χ0v) is 19.1. The van der Waals surface area contributed by atoms with Crippen molar-refractivity contribution in [2.75, 3.05) is 11.9 Å². The van der Waals surface area contributed by atoms with Gasteiger partial charge in [0.1, 0.15) is 17.9 Å². The quantitative estimate of drug-likeness (QED) is 0.533. The number of amides is 2. The molecule has 12 nitrogen and oxygen atoms in total. The molecule has 33 heavy (non-hydrogen) atoms. The second-order valence-corrected chi connectivity index (χ2v) is 8.42. The maximum atomic E-state index is 13.4. The second-order valence-electron chi connectivity index (χ2n) is 7.60. The van der Waals surface area contributed by atoms with Crippen molar-refractivity contribution in [3.63, 3.8) is 0 Å². The number of nitrogens with one attached hydrogen (secondary N) is 1. The maximum Gasteiger partial charge on any atom is 0.377 e. The first-order chi connectivity index (χ1) is 15.9. The van der Waals surface area contributed by atoms with Crippen LogP contribution in [0.2, 0.25) is 10.0 Å². The van der Waals surface area contributed by atoms with E-state index < -0.39 is 17.6 Å². The largest absolute Gasteiger partial charge is 0.377 e. The lowest BCUT2D eigenvalue weighted by atomic mass is 9.94. The summed E-state index contributed by atoms with van der Waals surface area (Å²) in [6.45, 7) is 1.30. The average molecular weight is 495 g/mol. The number of tetrazole rings is 1. The smallest absolute Gasteiger partial charge is 0.310 e. The van der Waals surface area contributed by atoms with Crippen LogP contribution in [0.15, 0.2) is 27.6 Å². The lowest BCUT2D eigenvalue weighted by molar-refractivity contribution is -0.117. The van der Waals surface area contributed by atoms with Crippen LogP contribution in [-0.2, 0) is 4.79 Å². The van der Waals surface area contributed by atoms with E-state index >= 15 is 0 Å². The Morgan fingerprint density at radius 2 is 1.85 bits per heavy atom. The summed E-state index contributed by atoms with van der Waals surface area (Å²) >= 11 is 12.3. The molecule has 0 saturated heterocycles. The molecule has 174 valence electrons. The van der Waals surface area contributed by atoms with Gasteiger partial charge in [-0.05, 0) is 47.5 Å². The van der Waals surface area contributed by atoms with E-state index in [-0.39, 0.29) is 34.1 Å². The molecule has 1 aliphatic rings. The second kappa shape index (κ2) is 9.71. The van der Waals surface area contributed by atoms with Gasteiger partial charge in [0.2, 0.25) is 5.91 Å². The Balaban J connectivity index is 1.63. The lowest BCUT2D eigenvalue weighted by Gasteiger charge is -2.33. The summed E-state index contributed by atoms with van der Waals surface area (Å²) < 4.78 is 6.04. The van der Waals surface area contributed by atoms with Gasteiger partial charge >= 0.3 is 11.7 Å². The number of carbonyl (C=O) groups is 2. The zero-order chi connectivity index (χ0) is 23.5. The highest BCUT2D eigenvalue weighted by molar-refractivity contribution is 6.37. The van der Waals surface area contributed by atoms with Crippen LogP contribution in [0.5, 0.6) is 0 Å². The van der Waals surface area contributed by atoms with Crippen molar-refractivity contribution < 1.29 is 14.2 Å². The molecule has 0 spiro atoms. The fourth-order valence-corrected chi connectivity index (χ4v) is 4.29. The molecular weight excluding hydrogens is 475 g/mol. The molecule has 3 aromatic rings. The van der Waals surface area contributed by atoms with Crippen LogP contribution in [0.4, 0.5) is 10.6 Å². The van der Waals surface area contributed by atoms with Gasteiger partial charge in [-0.2, -0.15) is 4.68 Å². The number of halogens is 2. The number of benzene rings is 1. The normalized spacial score (nSPS) is 14.3. The number of hydrogen-bond acceptors (Lipinski definition) is 8. The summed E-state index contributed by atoms with van der Waals surface area (Å²) in [5.74, 6) is -0.352. The molecule has 4 rings (SSSR count). The topological polar surface area (TPSA) is 141 Å². The summed E-state index contributed by atoms with van der Waals surface area (Å²) in [6, 6.07) is 3.68. The highest BCUT2D eigenvalue weighted by Gasteiger charge is 2.31. The van der Waals surface area contributed by atoms with Gasteiger partial charge in [-0.1, -0.05) is 53.7 Å². The van der Waals surface area contributed by atoms with Gasteiger partial charge in [0, 0.05) is 6.04 Å². The fourth-order valence-electron chi connectivity index (χ4n) is 3.74. The number of anilines is 1. The summed E-state index contributed by atoms with van der Waals surface area (Å²) in [5, 5.41) is 17.6. The SMILES string of the molecule is Cc1nonc1NC(=O)CN(C(=O)n1nnn(-c2c(Cl)cccc2Cl)c1=O)C1CCCCC1. The van der Waals surface area contributed by atoms with Gasteiger partial charge in [0.15, 0.2) is 5.82 Å². The first kappa shape index (κ1) is 22.9. The standard InChI is InChI=1S/C19H20Cl2N8O4/c1-11-17(24-33-23-11)22-15(30)10-27(12-6-3-2-4-7-12)18(31)29-19(32)28(25-26-29)16-13(20)8-5-9-14(16)21/h5,8-9,12H,2-4,6-7,10H2,1H3,(H,22,24,30). The molecular formula is C19H20Cl2N8O4. The van der Waals surface area contributed by atoms with Crippen LogP contribution in [0, 0.1) is 6.92 Å². The van der Waals surface area contributed by atoms with Gasteiger partial charge in [0.05, 0.1) is 10.0 Å². The maximum absolute atomic E-state index is 13.4. The molecule has 0 unspecified atom stereocenters. The fraction of sp³-hybridized carbons (Fsp3) is 0.421. The first-order valence-corrected chi connectivity index (χ1v) is 11.0. The third-order valence-electron chi connectivity index (χ3n) is 5.40. The first-order valence-electron chi connectivity index (χ1n) is 10.3. The Morgan fingerprint density at radius 3 is 2.48 bits per heavy atom. The molecule has 0 aliphatic heterocycles. The van der Waals surface area contributed by atoms with Gasteiger partial charge < -0.3 is 10.2 Å². The van der Waals surface area contributed by atoms with Crippen molar-refractivity contribution in [2.45, 2.75) is 45.1 Å². The monoisotopic (exact) mass is 494 g/mol. The van der Waals surface area contributed by atoms with Gasteiger partial charge in [0.25, 0.3) is 0 Å². The Labute approximate surface area is 197 Å². The van der Waals surface area contributed by atoms with Gasteiger partial charge in [-0.15, -0.1) is 4.68 Å². The number of para-hydroxylation sites is 1. The molecule has 2 amide bonds. The van der Waals surface area contributed by atoms with E-state index in [0.717, 1.165) is 23.9 Å². The van der Waals surface area contributed by atoms with Crippen LogP contribution in [0.3, 0.4) is 0 Å². The number of aromatic nitrogens is 6. The minimum atomic E-state index is -0.854. The van der Waals surface area contributed by atoms with Crippen LogP contribution in [0.25, 0.3) is 5.69 Å². The summed E-state index contributed by atoms with van der Waals surface area (Å²) in [6.07, 6.45) is 4.24. The Bertz CT molecular complexity index is 1210. The van der Waals surface area contributed by atoms with Gasteiger partial charge in [-0.3, -0.25) is 4.79 Å². The van der Waals surface area contributed by atoms with E-state index in [2.05, 4.69) is 30.7 Å². The van der Waals surface area contributed by atoms with E-state index in [1.807, 2.05) is 0 Å². The van der Waals surface area contributed by atoms with Crippen molar-refractivity contribution in [2.24, 2.45) is 0 Å². The predicted molar refractivity (Wildman–Crippen MR) is 118 cm³/mol. The molecule has 14 heteroatoms. The van der Waals surface area contributed by atoms with E-state index in [1.54, 1.807) is 13.0 Å². The number of hydrogen-bond donors (Lipinski definition) is 1. The molecule has 0 radical (unpaired) electrons. The van der Waals surface area contributed by atoms with E-state index in [4.69, 9.17) is 23.2 Å². The van der Waals surface area contributed by atoms with Crippen molar-refractivity contribution >= 4 is 41.0 Å². The number of nitrogens with zero attached hydrogens (tertiary/aromatic N) is 7. The number of rotatable bonds is 5. The zero-order valence-electron chi connectivity index (χ0n) is 17.6. The van der Waals surface area contributed by atoms with Crippen molar-refractivity contribution in [3.8, 4) is 5.69 Å². The highest BCUT2D eigenvalue weighted by Crippen LogP contribution is 2.27. The molecule has 1 saturated carbocycles. The minimum absolute atomic E-state index is 0.112. The minimum Gasteiger partial charge on any atom is -0.310 e. The summed E-state index contributed by atoms with van der Waals surface area (Å²) in [7, 11) is 0. The summed E-state index contributed by atoms with van der Waals surface area (Å²) in [5.41, 5.74) is -0.344. The van der Waals surface area contributed by atoms with E-state index in [9.17, 15) is 14.4 Å². The molecule has 2 aromatic heterocycles. The Morgan fingerprint density at radius 1 is 1.15 bits per heavy atom. The van der Waals surface area contributed by atoms with Crippen LogP contribution < -0.4 is 11.0 Å². The molecule has 0 bridgehead atoms. The molecule has 1 N–H and O–H groups in total. The number of carbonyl (C=O) groups excluding carboxylic acids is 2. The highest BCUT2D eigenvalue weighted by atomic mass is 35.5. The third-order valence-corrected chi connectivity index (χ3v) is 6.01. The molecule has 1 aliphatic carbocycles. The molecule has 1 aromatic carbocycles. The third kappa shape index (κ3) is 4.76. The van der Waals surface area contributed by atoms with Crippen molar-refractivity contribution in [3.05, 3.63) is 44.4 Å². The van der Waals surface area contributed by atoms with Crippen LogP contribution in [-0.4, -0.2) is 59.5 Å². The average Bonchev–Trinajstić information content (AvgIpc) is 3.37. The predicted octanol–water partition coefficient (Wildman–Crippen LogP) is 2.67. The van der Waals surface area contributed by atoms with Crippen molar-refractivity contribution in [1.82, 2.24) is 35.0 Å². The molecule has 0 atom stereocenters. The lowest BCUT2D eigenvalue weighted by Crippen LogP contribution is -2.50. The van der Waals surface area contributed by atoms with E-state index in [1.165, 1.54) is 17.0 Å². The van der Waals surface area contributed by atoms with Crippen molar-refractivity contribution in [1.29, 1.82) is 0 Å². The van der Waals surface area contributed by atoms with Crippen LogP contribution in [0.1, 0.15) is 37.8 Å². The summed E-state index contributed by atoms with van der Waals surface area (Å²) in [4.78, 5) is 40.4. The Hall–Kier alpha value is -3.25. The van der Waals surface area contributed by atoms with Gasteiger partial charge in [-0.25, -0.2) is 14.2 Å². The number of aryl methyl sites for hydroxylation is 1. The Kier molecular flexibility index (Phi) is 6.75.